The van der Waals surface area contributed by atoms with E-state index in [4.69, 9.17) is 19.6 Å². The summed E-state index contributed by atoms with van der Waals surface area (Å²) in [6.07, 6.45) is 2.20. The summed E-state index contributed by atoms with van der Waals surface area (Å²) in [4.78, 5) is 49.0. The zero-order valence-corrected chi connectivity index (χ0v) is 32.0. The van der Waals surface area contributed by atoms with E-state index in [1.807, 2.05) is 53.7 Å². The number of amides is 1. The molecule has 1 aliphatic rings. The number of nitrogens with zero attached hydrogens (tertiary/aromatic N) is 4. The van der Waals surface area contributed by atoms with Crippen molar-refractivity contribution < 1.29 is 41.8 Å². The first-order valence-corrected chi connectivity index (χ1v) is 18.8. The number of rotatable bonds is 15. The number of Topliss-reactive ketones (excluding diaryl/α,β-unsaturated/α-hetero) is 1. The molecule has 2 aromatic heterocycles. The van der Waals surface area contributed by atoms with Gasteiger partial charge in [-0.3, -0.25) is 24.5 Å². The predicted octanol–water partition coefficient (Wildman–Crippen LogP) is 7.87. The van der Waals surface area contributed by atoms with Gasteiger partial charge in [0.05, 0.1) is 12.8 Å². The van der Waals surface area contributed by atoms with Crippen LogP contribution in [0.3, 0.4) is 0 Å². The summed E-state index contributed by atoms with van der Waals surface area (Å²) >= 11 is 0. The number of hydrogen-bond acceptors (Lipinski definition) is 8. The molecule has 0 aliphatic carbocycles. The average Bonchev–Trinajstić information content (AvgIpc) is 3.23. The molecule has 1 aliphatic heterocycles. The van der Waals surface area contributed by atoms with Gasteiger partial charge in [0.15, 0.2) is 17.3 Å². The SMILES string of the molecule is COc1ccc(C(=O)CCC(=O)N(Cc2ccc(-c3ccc(CNCc4cccnc4)cn3)cc2)C2CCN(Cc3ccccc3)CC2)cc1F.O=C(O)C(F)(F)F. The number of ether oxygens (including phenoxy) is 1. The maximum atomic E-state index is 14.3. The Morgan fingerprint density at radius 1 is 0.845 bits per heavy atom. The number of pyridine rings is 2. The number of ketones is 1. The molecule has 5 aromatic rings. The van der Waals surface area contributed by atoms with E-state index in [0.717, 1.165) is 67.0 Å². The lowest BCUT2D eigenvalue weighted by Gasteiger charge is -2.39. The first-order valence-electron chi connectivity index (χ1n) is 18.8. The molecule has 0 unspecified atom stereocenters. The van der Waals surface area contributed by atoms with E-state index in [-0.39, 0.29) is 41.9 Å². The Morgan fingerprint density at radius 2 is 1.50 bits per heavy atom. The molecule has 3 aromatic carbocycles. The van der Waals surface area contributed by atoms with Crippen molar-refractivity contribution in [1.82, 2.24) is 25.1 Å². The molecule has 1 amide bonds. The Hall–Kier alpha value is -5.99. The maximum Gasteiger partial charge on any atom is 0.490 e. The second-order valence-electron chi connectivity index (χ2n) is 13.8. The predicted molar refractivity (Wildman–Crippen MR) is 210 cm³/mol. The molecule has 0 bridgehead atoms. The molecular weight excluding hydrogens is 755 g/mol. The number of halogens is 4. The van der Waals surface area contributed by atoms with Gasteiger partial charge in [0, 0.05) is 87.9 Å². The van der Waals surface area contributed by atoms with Crippen LogP contribution in [0.5, 0.6) is 5.75 Å². The van der Waals surface area contributed by atoms with Crippen molar-refractivity contribution in [3.05, 3.63) is 149 Å². The summed E-state index contributed by atoms with van der Waals surface area (Å²) in [5, 5.41) is 10.6. The number of aromatic nitrogens is 2. The molecule has 2 N–H and O–H groups in total. The number of carboxylic acids is 1. The normalized spacial score (nSPS) is 13.3. The van der Waals surface area contributed by atoms with Crippen LogP contribution in [0, 0.1) is 5.82 Å². The van der Waals surface area contributed by atoms with Crippen LogP contribution in [0.2, 0.25) is 0 Å². The number of likely N-dealkylation sites (tertiary alicyclic amines) is 1. The Bertz CT molecular complexity index is 2080. The average molecular weight is 800 g/mol. The number of nitrogens with one attached hydrogen (secondary N) is 1. The Kier molecular flexibility index (Phi) is 15.6. The van der Waals surface area contributed by atoms with E-state index < -0.39 is 18.0 Å². The lowest BCUT2D eigenvalue weighted by molar-refractivity contribution is -0.192. The molecule has 1 saturated heterocycles. The van der Waals surface area contributed by atoms with Gasteiger partial charge in [-0.1, -0.05) is 66.7 Å². The minimum atomic E-state index is -5.08. The second-order valence-corrected chi connectivity index (χ2v) is 13.8. The Labute approximate surface area is 334 Å². The standard InChI is InChI=1S/C42H44FN5O3.C2HF3O2/c1-51-41-17-14-36(24-38(41)43)40(49)16-18-42(50)48(37-19-22-47(23-20-37)29-31-6-3-2-4-7-31)30-32-9-12-35(13-10-32)39-15-11-34(28-46-39)27-45-26-33-8-5-21-44-25-33;3-2(4,5)1(6)7/h2-15,17,21,24-25,28,37,45H,16,18-20,22-23,26-27,29-30H2,1H3;(H,6,7). The van der Waals surface area contributed by atoms with Crippen molar-refractivity contribution >= 4 is 17.7 Å². The third-order valence-corrected chi connectivity index (χ3v) is 9.66. The van der Waals surface area contributed by atoms with Gasteiger partial charge in [-0.2, -0.15) is 13.2 Å². The fraction of sp³-hybridized carbons (Fsp3) is 0.295. The van der Waals surface area contributed by atoms with Crippen LogP contribution in [0.25, 0.3) is 11.3 Å². The summed E-state index contributed by atoms with van der Waals surface area (Å²) < 4.78 is 51.0. The Morgan fingerprint density at radius 3 is 2.09 bits per heavy atom. The van der Waals surface area contributed by atoms with E-state index in [1.54, 1.807) is 12.3 Å². The highest BCUT2D eigenvalue weighted by Crippen LogP contribution is 2.25. The van der Waals surface area contributed by atoms with E-state index in [2.05, 4.69) is 57.7 Å². The van der Waals surface area contributed by atoms with Crippen LogP contribution in [-0.2, 0) is 35.8 Å². The second kappa shape index (κ2) is 21.0. The fourth-order valence-corrected chi connectivity index (χ4v) is 6.53. The molecule has 10 nitrogen and oxygen atoms in total. The van der Waals surface area contributed by atoms with Crippen molar-refractivity contribution in [2.24, 2.45) is 0 Å². The third kappa shape index (κ3) is 13.0. The summed E-state index contributed by atoms with van der Waals surface area (Å²) in [5.41, 5.74) is 6.63. The van der Waals surface area contributed by atoms with Crippen molar-refractivity contribution in [1.29, 1.82) is 0 Å². The zero-order valence-electron chi connectivity index (χ0n) is 32.0. The van der Waals surface area contributed by atoms with Crippen molar-refractivity contribution in [3.63, 3.8) is 0 Å². The van der Waals surface area contributed by atoms with Gasteiger partial charge < -0.3 is 20.1 Å². The molecule has 14 heteroatoms. The molecule has 3 heterocycles. The molecule has 0 radical (unpaired) electrons. The van der Waals surface area contributed by atoms with E-state index in [1.165, 1.54) is 24.8 Å². The number of hydrogen-bond donors (Lipinski definition) is 2. The summed E-state index contributed by atoms with van der Waals surface area (Å²) in [5.74, 6) is -3.61. The summed E-state index contributed by atoms with van der Waals surface area (Å²) in [7, 11) is 1.38. The highest BCUT2D eigenvalue weighted by molar-refractivity contribution is 5.98. The molecule has 6 rings (SSSR count). The van der Waals surface area contributed by atoms with Gasteiger partial charge in [-0.25, -0.2) is 9.18 Å². The van der Waals surface area contributed by atoms with Crippen LogP contribution in [0.15, 0.2) is 116 Å². The van der Waals surface area contributed by atoms with Gasteiger partial charge in [0.2, 0.25) is 5.91 Å². The lowest BCUT2D eigenvalue weighted by Crippen LogP contribution is -2.47. The topological polar surface area (TPSA) is 125 Å². The first-order chi connectivity index (χ1) is 27.9. The van der Waals surface area contributed by atoms with Crippen molar-refractivity contribution in [3.8, 4) is 17.0 Å². The summed E-state index contributed by atoms with van der Waals surface area (Å²) in [6, 6.07) is 30.9. The van der Waals surface area contributed by atoms with Gasteiger partial charge in [0.1, 0.15) is 0 Å². The molecule has 0 saturated carbocycles. The molecule has 0 atom stereocenters. The number of piperidine rings is 1. The minimum Gasteiger partial charge on any atom is -0.494 e. The zero-order chi connectivity index (χ0) is 41.5. The monoisotopic (exact) mass is 799 g/mol. The quantitative estimate of drug-likeness (QED) is 0.0805. The number of carbonyl (C=O) groups excluding carboxylic acids is 2. The maximum absolute atomic E-state index is 14.3. The lowest BCUT2D eigenvalue weighted by atomic mass is 9.99. The van der Waals surface area contributed by atoms with E-state index in [9.17, 15) is 27.2 Å². The molecular formula is C44H45F4N5O5. The van der Waals surface area contributed by atoms with Crippen LogP contribution in [0.1, 0.15) is 58.3 Å². The highest BCUT2D eigenvalue weighted by atomic mass is 19.4. The first kappa shape index (κ1) is 43.1. The number of aliphatic carboxylic acids is 1. The minimum absolute atomic E-state index is 0.00748. The van der Waals surface area contributed by atoms with Crippen molar-refractivity contribution in [2.75, 3.05) is 20.2 Å². The molecule has 58 heavy (non-hydrogen) atoms. The van der Waals surface area contributed by atoms with Crippen LogP contribution >= 0.6 is 0 Å². The van der Waals surface area contributed by atoms with E-state index >= 15 is 0 Å². The number of carboxylic acid groups (broad SMARTS) is 1. The van der Waals surface area contributed by atoms with Crippen LogP contribution in [0.4, 0.5) is 17.6 Å². The number of methoxy groups -OCH3 is 1. The summed E-state index contributed by atoms with van der Waals surface area (Å²) in [6.45, 7) is 4.54. The van der Waals surface area contributed by atoms with Gasteiger partial charge >= 0.3 is 12.1 Å². The molecule has 0 spiro atoms. The van der Waals surface area contributed by atoms with E-state index in [0.29, 0.717) is 13.1 Å². The number of alkyl halides is 3. The highest BCUT2D eigenvalue weighted by Gasteiger charge is 2.38. The number of benzene rings is 3. The van der Waals surface area contributed by atoms with Gasteiger partial charge in [0.25, 0.3) is 0 Å². The van der Waals surface area contributed by atoms with Crippen LogP contribution < -0.4 is 10.1 Å². The smallest absolute Gasteiger partial charge is 0.490 e. The van der Waals surface area contributed by atoms with Gasteiger partial charge in [-0.05, 0) is 65.4 Å². The Balaban J connectivity index is 0.000000839. The fourth-order valence-electron chi connectivity index (χ4n) is 6.53. The number of carbonyl (C=O) groups is 3. The molecule has 304 valence electrons. The van der Waals surface area contributed by atoms with Crippen LogP contribution in [-0.4, -0.2) is 75.0 Å². The van der Waals surface area contributed by atoms with Gasteiger partial charge in [-0.15, -0.1) is 0 Å². The third-order valence-electron chi connectivity index (χ3n) is 9.66. The molecule has 1 fully saturated rings. The van der Waals surface area contributed by atoms with Crippen molar-refractivity contribution in [2.45, 2.75) is 64.1 Å². The largest absolute Gasteiger partial charge is 0.494 e.